The van der Waals surface area contributed by atoms with Crippen LogP contribution in [0.15, 0.2) is 81.6 Å². The summed E-state index contributed by atoms with van der Waals surface area (Å²) in [4.78, 5) is 17.0. The number of carbonyl (C=O) groups excluding carboxylic acids is 1. The minimum Gasteiger partial charge on any atom is -0.457 e. The molecule has 0 unspecified atom stereocenters. The molecule has 0 spiro atoms. The number of anilines is 1. The van der Waals surface area contributed by atoms with Gasteiger partial charge in [-0.05, 0) is 95.8 Å². The van der Waals surface area contributed by atoms with Crippen molar-refractivity contribution in [2.75, 3.05) is 5.32 Å². The summed E-state index contributed by atoms with van der Waals surface area (Å²) in [7, 11) is 0. The first-order valence-corrected chi connectivity index (χ1v) is 12.4. The Kier molecular flexibility index (Phi) is 6.69. The van der Waals surface area contributed by atoms with E-state index in [-0.39, 0.29) is 5.91 Å². The molecule has 3 aromatic carbocycles. The van der Waals surface area contributed by atoms with Gasteiger partial charge >= 0.3 is 0 Å². The van der Waals surface area contributed by atoms with Gasteiger partial charge in [0, 0.05) is 25.9 Å². The van der Waals surface area contributed by atoms with Crippen LogP contribution in [0.1, 0.15) is 11.3 Å². The average Bonchev–Trinajstić information content (AvgIpc) is 3.48. The predicted molar refractivity (Wildman–Crippen MR) is 149 cm³/mol. The highest BCUT2D eigenvalue weighted by Gasteiger charge is 2.13. The van der Waals surface area contributed by atoms with Crippen LogP contribution in [-0.4, -0.2) is 10.9 Å². The number of aryl methyl sites for hydroxylation is 1. The molecule has 1 amide bonds. The fourth-order valence-electron chi connectivity index (χ4n) is 3.47. The molecule has 0 saturated carbocycles. The van der Waals surface area contributed by atoms with Crippen LogP contribution < -0.4 is 5.32 Å². The average molecular weight is 615 g/mol. The van der Waals surface area contributed by atoms with Gasteiger partial charge in [-0.15, -0.1) is 0 Å². The number of nitrogens with zero attached hydrogens (tertiary/aromatic N) is 1. The lowest BCUT2D eigenvalue weighted by Gasteiger charge is -2.01. The number of rotatable bonds is 5. The van der Waals surface area contributed by atoms with Crippen molar-refractivity contribution in [2.45, 2.75) is 6.92 Å². The first-order chi connectivity index (χ1) is 16.9. The van der Waals surface area contributed by atoms with Crippen molar-refractivity contribution in [2.24, 2.45) is 0 Å². The van der Waals surface area contributed by atoms with Crippen LogP contribution in [0.4, 0.5) is 5.69 Å². The second kappa shape index (κ2) is 9.89. The zero-order valence-corrected chi connectivity index (χ0v) is 22.0. The van der Waals surface area contributed by atoms with Crippen molar-refractivity contribution in [3.05, 3.63) is 97.7 Å². The molecule has 2 aromatic heterocycles. The number of nitrogens with one attached hydrogen (secondary N) is 1. The van der Waals surface area contributed by atoms with Crippen LogP contribution in [0.2, 0.25) is 10.0 Å². The van der Waals surface area contributed by atoms with Gasteiger partial charge in [-0.3, -0.25) is 4.79 Å². The second-order valence-electron chi connectivity index (χ2n) is 7.81. The summed E-state index contributed by atoms with van der Waals surface area (Å²) in [5.41, 5.74) is 4.39. The molecule has 174 valence electrons. The molecule has 5 nitrogen and oxygen atoms in total. The number of furan rings is 1. The molecule has 2 heterocycles. The largest absolute Gasteiger partial charge is 0.457 e. The molecule has 0 aliphatic heterocycles. The number of benzene rings is 3. The highest BCUT2D eigenvalue weighted by molar-refractivity contribution is 14.1. The quantitative estimate of drug-likeness (QED) is 0.159. The van der Waals surface area contributed by atoms with E-state index in [1.165, 1.54) is 6.08 Å². The maximum Gasteiger partial charge on any atom is 0.248 e. The number of fused-ring (bicyclic) bond motifs is 1. The summed E-state index contributed by atoms with van der Waals surface area (Å²) in [5, 5.41) is 4.06. The van der Waals surface area contributed by atoms with E-state index in [1.807, 2.05) is 49.4 Å². The monoisotopic (exact) mass is 614 g/mol. The maximum atomic E-state index is 12.5. The molecule has 35 heavy (non-hydrogen) atoms. The lowest BCUT2D eigenvalue weighted by atomic mass is 10.1. The lowest BCUT2D eigenvalue weighted by Crippen LogP contribution is -2.07. The van der Waals surface area contributed by atoms with Crippen LogP contribution in [0.25, 0.3) is 40.0 Å². The Balaban J connectivity index is 1.29. The van der Waals surface area contributed by atoms with Crippen LogP contribution in [0.3, 0.4) is 0 Å². The van der Waals surface area contributed by atoms with Crippen molar-refractivity contribution in [3.8, 4) is 22.8 Å². The smallest absolute Gasteiger partial charge is 0.248 e. The predicted octanol–water partition coefficient (Wildman–Crippen LogP) is 8.63. The fourth-order valence-corrected chi connectivity index (χ4v) is 4.34. The summed E-state index contributed by atoms with van der Waals surface area (Å²) in [6.07, 6.45) is 3.02. The first kappa shape index (κ1) is 23.7. The number of oxazole rings is 1. The zero-order chi connectivity index (χ0) is 24.5. The van der Waals surface area contributed by atoms with E-state index in [0.29, 0.717) is 49.8 Å². The van der Waals surface area contributed by atoms with Gasteiger partial charge < -0.3 is 14.2 Å². The Labute approximate surface area is 224 Å². The Morgan fingerprint density at radius 2 is 1.83 bits per heavy atom. The third kappa shape index (κ3) is 5.29. The highest BCUT2D eigenvalue weighted by Crippen LogP contribution is 2.32. The highest BCUT2D eigenvalue weighted by atomic mass is 127. The third-order valence-corrected chi connectivity index (χ3v) is 6.70. The van der Waals surface area contributed by atoms with Crippen molar-refractivity contribution in [3.63, 3.8) is 0 Å². The van der Waals surface area contributed by atoms with Gasteiger partial charge in [-0.1, -0.05) is 35.3 Å². The van der Waals surface area contributed by atoms with Gasteiger partial charge in [0.25, 0.3) is 0 Å². The standard InChI is InChI=1S/C27H17Cl2IN2O3/c1-15-2-3-16(12-22(15)29)24-10-6-19(34-24)7-11-26(33)31-18-5-9-25-23(14-18)32-27(35-25)20-13-17(30)4-8-21(20)28/h2-14H,1H3,(H,31,33)/b11-7+. The molecule has 5 aromatic rings. The minimum atomic E-state index is -0.301. The van der Waals surface area contributed by atoms with Gasteiger partial charge in [0.15, 0.2) is 5.58 Å². The Bertz CT molecular complexity index is 1600. The molecule has 0 aliphatic rings. The summed E-state index contributed by atoms with van der Waals surface area (Å²) in [5.74, 6) is 1.35. The number of halogens is 3. The lowest BCUT2D eigenvalue weighted by molar-refractivity contribution is -0.111. The summed E-state index contributed by atoms with van der Waals surface area (Å²) in [6.45, 7) is 1.94. The molecule has 0 fully saturated rings. The van der Waals surface area contributed by atoms with Crippen molar-refractivity contribution in [1.82, 2.24) is 4.98 Å². The fraction of sp³-hybridized carbons (Fsp3) is 0.0370. The van der Waals surface area contributed by atoms with Gasteiger partial charge in [0.1, 0.15) is 17.0 Å². The topological polar surface area (TPSA) is 68.3 Å². The molecule has 0 saturated heterocycles. The van der Waals surface area contributed by atoms with E-state index in [0.717, 1.165) is 14.7 Å². The van der Waals surface area contributed by atoms with Gasteiger partial charge in [-0.25, -0.2) is 4.98 Å². The summed E-state index contributed by atoms with van der Waals surface area (Å²) >= 11 is 14.7. The molecule has 8 heteroatoms. The molecule has 0 atom stereocenters. The Morgan fingerprint density at radius 1 is 0.971 bits per heavy atom. The number of aromatic nitrogens is 1. The van der Waals surface area contributed by atoms with Crippen LogP contribution in [-0.2, 0) is 4.79 Å². The van der Waals surface area contributed by atoms with Crippen molar-refractivity contribution >= 4 is 74.6 Å². The van der Waals surface area contributed by atoms with Gasteiger partial charge in [0.2, 0.25) is 11.8 Å². The van der Waals surface area contributed by atoms with Crippen molar-refractivity contribution < 1.29 is 13.6 Å². The maximum absolute atomic E-state index is 12.5. The second-order valence-corrected chi connectivity index (χ2v) is 9.87. The van der Waals surface area contributed by atoms with Gasteiger partial charge in [0.05, 0.1) is 10.6 Å². The van der Waals surface area contributed by atoms with E-state index >= 15 is 0 Å². The van der Waals surface area contributed by atoms with E-state index in [9.17, 15) is 4.79 Å². The SMILES string of the molecule is Cc1ccc(-c2ccc(/C=C/C(=O)Nc3ccc4oc(-c5cc(I)ccc5Cl)nc4c3)o2)cc1Cl. The van der Waals surface area contributed by atoms with E-state index in [2.05, 4.69) is 32.9 Å². The summed E-state index contributed by atoms with van der Waals surface area (Å²) in [6, 6.07) is 20.3. The number of amides is 1. The third-order valence-electron chi connectivity index (χ3n) is 5.30. The Morgan fingerprint density at radius 3 is 2.66 bits per heavy atom. The zero-order valence-electron chi connectivity index (χ0n) is 18.3. The molecular weight excluding hydrogens is 598 g/mol. The Hall–Kier alpha value is -3.07. The van der Waals surface area contributed by atoms with E-state index in [4.69, 9.17) is 32.0 Å². The molecule has 1 N–H and O–H groups in total. The summed E-state index contributed by atoms with van der Waals surface area (Å²) < 4.78 is 12.7. The first-order valence-electron chi connectivity index (χ1n) is 10.6. The molecular formula is C27H17Cl2IN2O3. The molecule has 0 radical (unpaired) electrons. The van der Waals surface area contributed by atoms with Crippen LogP contribution in [0, 0.1) is 10.5 Å². The van der Waals surface area contributed by atoms with E-state index < -0.39 is 0 Å². The van der Waals surface area contributed by atoms with E-state index in [1.54, 1.807) is 30.3 Å². The number of hydrogen-bond acceptors (Lipinski definition) is 4. The molecule has 0 aliphatic carbocycles. The van der Waals surface area contributed by atoms with Crippen LogP contribution in [0.5, 0.6) is 0 Å². The van der Waals surface area contributed by atoms with Crippen LogP contribution >= 0.6 is 45.8 Å². The molecule has 0 bridgehead atoms. The number of hydrogen-bond donors (Lipinski definition) is 1. The van der Waals surface area contributed by atoms with Crippen molar-refractivity contribution in [1.29, 1.82) is 0 Å². The van der Waals surface area contributed by atoms with Gasteiger partial charge in [-0.2, -0.15) is 0 Å². The minimum absolute atomic E-state index is 0.301. The molecule has 5 rings (SSSR count). The normalized spacial score (nSPS) is 11.4. The number of carbonyl (C=O) groups is 1.